The largest absolute Gasteiger partial charge is 0.467 e. The Morgan fingerprint density at radius 2 is 1.35 bits per heavy atom. The Labute approximate surface area is 234 Å². The number of nitrogens with zero attached hydrogens (tertiary/aromatic N) is 2. The first-order chi connectivity index (χ1) is 19.5. The molecular formula is C23H46N7O10+. The summed E-state index contributed by atoms with van der Waals surface area (Å²) in [5.41, 5.74) is 6.64. The van der Waals surface area contributed by atoms with Gasteiger partial charge in [-0.2, -0.15) is 16.1 Å². The van der Waals surface area contributed by atoms with E-state index in [0.717, 1.165) is 0 Å². The minimum atomic E-state index is -0.812. The predicted octanol–water partition coefficient (Wildman–Crippen LogP) is -2.53. The molecule has 232 valence electrons. The van der Waals surface area contributed by atoms with Crippen LogP contribution in [0.25, 0.3) is 0 Å². The zero-order valence-corrected chi connectivity index (χ0v) is 23.4. The molecule has 1 atom stereocenters. The van der Waals surface area contributed by atoms with Crippen LogP contribution in [-0.2, 0) is 47.5 Å². The smallest absolute Gasteiger partial charge is 0.328 e. The number of unbranched alkanes of at least 4 members (excludes halogenated alkanes) is 1. The molecule has 0 aliphatic rings. The normalized spacial score (nSPS) is 11.8. The van der Waals surface area contributed by atoms with Gasteiger partial charge in [-0.3, -0.25) is 9.59 Å². The van der Waals surface area contributed by atoms with Gasteiger partial charge in [-0.1, -0.05) is 0 Å². The molecule has 0 spiro atoms. The van der Waals surface area contributed by atoms with Crippen LogP contribution in [0.5, 0.6) is 0 Å². The fraction of sp³-hybridized carbons (Fsp3) is 0.870. The molecular weight excluding hydrogens is 534 g/mol. The van der Waals surface area contributed by atoms with E-state index in [1.165, 1.54) is 7.11 Å². The van der Waals surface area contributed by atoms with Gasteiger partial charge in [0.2, 0.25) is 11.8 Å². The Balaban J connectivity index is 3.78. The maximum atomic E-state index is 12.1. The van der Waals surface area contributed by atoms with E-state index in [4.69, 9.17) is 44.5 Å². The lowest BCUT2D eigenvalue weighted by atomic mass is 10.1. The molecule has 0 heterocycles. The summed E-state index contributed by atoms with van der Waals surface area (Å²) in [5, 5.41) is 14.3. The van der Waals surface area contributed by atoms with Gasteiger partial charge in [0.1, 0.15) is 25.8 Å². The third-order valence-corrected chi connectivity index (χ3v) is 4.81. The standard InChI is InChI=1S/C23H45N7O10/c1-34-23(33)20(29-22(32)19-40-17-15-37-12-10-35-8-6-27-24)4-2-3-5-26-21(31)18-39-16-14-38-13-11-36-9-7-28-30-25/h20,24H,2-19H2,1H3,(H2,25,28)(H,26,31)(H,29,32)/p+1. The summed E-state index contributed by atoms with van der Waals surface area (Å²) in [4.78, 5) is 36.0. The molecule has 0 fully saturated rings. The molecule has 0 radical (unpaired) electrons. The van der Waals surface area contributed by atoms with Gasteiger partial charge in [0.05, 0.1) is 84.9 Å². The number of hydrogen-bond acceptors (Lipinski definition) is 13. The Morgan fingerprint density at radius 3 is 1.93 bits per heavy atom. The quantitative estimate of drug-likeness (QED) is 0.0204. The number of hydrogen-bond donors (Lipinski definition) is 5. The Hall–Kier alpha value is -2.83. The number of ether oxygens (including phenoxy) is 7. The molecule has 0 aliphatic heterocycles. The number of amides is 2. The van der Waals surface area contributed by atoms with Crippen LogP contribution in [0.1, 0.15) is 19.3 Å². The van der Waals surface area contributed by atoms with Crippen molar-refractivity contribution < 1.29 is 52.7 Å². The van der Waals surface area contributed by atoms with Gasteiger partial charge in [-0.15, -0.1) is 0 Å². The van der Waals surface area contributed by atoms with Crippen molar-refractivity contribution in [2.75, 3.05) is 106 Å². The molecule has 2 amide bonds. The molecule has 17 heteroatoms. The highest BCUT2D eigenvalue weighted by Crippen LogP contribution is 2.03. The van der Waals surface area contributed by atoms with E-state index in [-0.39, 0.29) is 38.9 Å². The number of methoxy groups -OCH3 is 1. The molecule has 17 nitrogen and oxygen atoms in total. The van der Waals surface area contributed by atoms with E-state index < -0.39 is 17.9 Å². The van der Waals surface area contributed by atoms with Crippen molar-refractivity contribution in [2.45, 2.75) is 25.3 Å². The zero-order valence-electron chi connectivity index (χ0n) is 23.4. The SMILES string of the molecule is COC(=O)C(CCCCNC(=O)COCCOCCOCC[NH+]=NN)NC(=O)COCCOCCOCCN=N. The summed E-state index contributed by atoms with van der Waals surface area (Å²) in [6.07, 6.45) is 1.52. The monoisotopic (exact) mass is 580 g/mol. The van der Waals surface area contributed by atoms with Crippen LogP contribution < -0.4 is 21.6 Å². The van der Waals surface area contributed by atoms with Crippen LogP contribution in [0.15, 0.2) is 10.3 Å². The second-order valence-electron chi connectivity index (χ2n) is 7.96. The van der Waals surface area contributed by atoms with Crippen molar-refractivity contribution >= 4 is 17.8 Å². The summed E-state index contributed by atoms with van der Waals surface area (Å²) in [6, 6.07) is -0.812. The molecule has 0 aromatic heterocycles. The van der Waals surface area contributed by atoms with E-state index >= 15 is 0 Å². The fourth-order valence-electron chi connectivity index (χ4n) is 2.88. The molecule has 0 aromatic rings. The van der Waals surface area contributed by atoms with Crippen LogP contribution in [0.2, 0.25) is 0 Å². The zero-order chi connectivity index (χ0) is 29.5. The third-order valence-electron chi connectivity index (χ3n) is 4.81. The molecule has 1 unspecified atom stereocenters. The molecule has 0 aromatic carbocycles. The summed E-state index contributed by atoms with van der Waals surface area (Å²) in [5.74, 6) is 3.66. The molecule has 0 rings (SSSR count). The van der Waals surface area contributed by atoms with Crippen LogP contribution in [0.3, 0.4) is 0 Å². The summed E-state index contributed by atoms with van der Waals surface area (Å²) < 4.78 is 36.3. The fourth-order valence-corrected chi connectivity index (χ4v) is 2.88. The van der Waals surface area contributed by atoms with Crippen LogP contribution in [0.4, 0.5) is 0 Å². The maximum Gasteiger partial charge on any atom is 0.328 e. The van der Waals surface area contributed by atoms with Gasteiger partial charge in [-0.25, -0.2) is 10.3 Å². The molecule has 0 saturated carbocycles. The van der Waals surface area contributed by atoms with Gasteiger partial charge in [0, 0.05) is 6.54 Å². The number of carbonyl (C=O) groups excluding carboxylic acids is 3. The average molecular weight is 581 g/mol. The topological polar surface area (TPSA) is 228 Å². The van der Waals surface area contributed by atoms with Crippen LogP contribution >= 0.6 is 0 Å². The highest BCUT2D eigenvalue weighted by molar-refractivity contribution is 5.85. The minimum absolute atomic E-state index is 0.0862. The van der Waals surface area contributed by atoms with Gasteiger partial charge in [-0.05, 0) is 19.3 Å². The molecule has 0 aliphatic carbocycles. The van der Waals surface area contributed by atoms with Gasteiger partial charge >= 0.3 is 5.97 Å². The Kier molecular flexibility index (Phi) is 27.1. The molecule has 0 saturated heterocycles. The minimum Gasteiger partial charge on any atom is -0.467 e. The van der Waals surface area contributed by atoms with Gasteiger partial charge < -0.3 is 43.8 Å². The van der Waals surface area contributed by atoms with Crippen molar-refractivity contribution in [3.8, 4) is 0 Å². The van der Waals surface area contributed by atoms with Crippen LogP contribution in [0, 0.1) is 5.53 Å². The summed E-state index contributed by atoms with van der Waals surface area (Å²) in [7, 11) is 1.25. The lowest BCUT2D eigenvalue weighted by molar-refractivity contribution is -0.537. The van der Waals surface area contributed by atoms with Crippen molar-refractivity contribution in [1.29, 1.82) is 5.53 Å². The number of rotatable bonds is 29. The Bertz CT molecular complexity index is 688. The van der Waals surface area contributed by atoms with Gasteiger partial charge in [0.15, 0.2) is 0 Å². The highest BCUT2D eigenvalue weighted by Gasteiger charge is 2.21. The number of carbonyl (C=O) groups is 3. The van der Waals surface area contributed by atoms with Crippen molar-refractivity contribution in [2.24, 2.45) is 16.2 Å². The number of nitrogens with one attached hydrogen (secondary N) is 4. The first-order valence-corrected chi connectivity index (χ1v) is 13.1. The second kappa shape index (κ2) is 29.2. The number of esters is 1. The predicted molar refractivity (Wildman–Crippen MR) is 138 cm³/mol. The Morgan fingerprint density at radius 1 is 0.800 bits per heavy atom. The van der Waals surface area contributed by atoms with E-state index in [1.54, 1.807) is 0 Å². The van der Waals surface area contributed by atoms with Crippen molar-refractivity contribution in [3.05, 3.63) is 0 Å². The van der Waals surface area contributed by atoms with E-state index in [1.807, 2.05) is 0 Å². The summed E-state index contributed by atoms with van der Waals surface area (Å²) >= 11 is 0. The van der Waals surface area contributed by atoms with Crippen molar-refractivity contribution in [3.63, 3.8) is 0 Å². The van der Waals surface area contributed by atoms with E-state index in [2.05, 4.69) is 26.1 Å². The highest BCUT2D eigenvalue weighted by atomic mass is 16.6. The lowest BCUT2D eigenvalue weighted by Crippen LogP contribution is -2.68. The first kappa shape index (κ1) is 37.2. The number of nitrogens with two attached hydrogens (primary N) is 1. The van der Waals surface area contributed by atoms with Crippen LogP contribution in [-0.4, -0.2) is 130 Å². The summed E-state index contributed by atoms with van der Waals surface area (Å²) in [6.45, 7) is 4.46. The average Bonchev–Trinajstić information content (AvgIpc) is 2.95. The molecule has 0 bridgehead atoms. The second-order valence-corrected chi connectivity index (χ2v) is 7.96. The molecule has 6 N–H and O–H groups in total. The lowest BCUT2D eigenvalue weighted by Gasteiger charge is -2.16. The van der Waals surface area contributed by atoms with E-state index in [0.29, 0.717) is 85.1 Å². The van der Waals surface area contributed by atoms with Crippen molar-refractivity contribution in [1.82, 2.24) is 10.6 Å². The van der Waals surface area contributed by atoms with E-state index in [9.17, 15) is 14.4 Å². The maximum absolute atomic E-state index is 12.1. The first-order valence-electron chi connectivity index (χ1n) is 13.1. The van der Waals surface area contributed by atoms with Gasteiger partial charge in [0.25, 0.3) is 0 Å². The third kappa shape index (κ3) is 25.4. The molecule has 40 heavy (non-hydrogen) atoms.